The van der Waals surface area contributed by atoms with Gasteiger partial charge in [0.25, 0.3) is 0 Å². The summed E-state index contributed by atoms with van der Waals surface area (Å²) in [7, 11) is 0. The molecule has 0 aromatic rings. The van der Waals surface area contributed by atoms with Crippen molar-refractivity contribution in [2.24, 2.45) is 39.4 Å². The molecule has 0 radical (unpaired) electrons. The molecule has 8 atom stereocenters. The minimum Gasteiger partial charge on any atom is -0.478 e. The van der Waals surface area contributed by atoms with Crippen molar-refractivity contribution in [1.82, 2.24) is 0 Å². The molecule has 0 aromatic heterocycles. The second kappa shape index (κ2) is 9.39. The lowest BCUT2D eigenvalue weighted by atomic mass is 9.44. The molecule has 0 amide bonds. The molecule has 5 heteroatoms. The molecule has 37 heavy (non-hydrogen) atoms. The molecular formula is C32H48O5. The molecule has 2 N–H and O–H groups in total. The van der Waals surface area contributed by atoms with Crippen LogP contribution in [0.4, 0.5) is 0 Å². The van der Waals surface area contributed by atoms with Crippen molar-refractivity contribution >= 4 is 11.9 Å². The van der Waals surface area contributed by atoms with Crippen LogP contribution in [0.1, 0.15) is 100 Å². The van der Waals surface area contributed by atoms with E-state index < -0.39 is 5.97 Å². The molecule has 4 rings (SSSR count). The first-order valence-corrected chi connectivity index (χ1v) is 14.3. The average molecular weight is 513 g/mol. The fourth-order valence-corrected chi connectivity index (χ4v) is 9.10. The molecule has 0 aromatic carbocycles. The van der Waals surface area contributed by atoms with Gasteiger partial charge in [0.1, 0.15) is 6.10 Å². The minimum atomic E-state index is -0.936. The van der Waals surface area contributed by atoms with Crippen LogP contribution < -0.4 is 0 Å². The molecule has 0 spiro atoms. The van der Waals surface area contributed by atoms with E-state index in [4.69, 9.17) is 4.74 Å². The van der Waals surface area contributed by atoms with Crippen LogP contribution in [-0.2, 0) is 14.3 Å². The third kappa shape index (κ3) is 4.24. The number of carboxylic acid groups (broad SMARTS) is 1. The summed E-state index contributed by atoms with van der Waals surface area (Å²) < 4.78 is 5.81. The number of aliphatic carboxylic acids is 1. The summed E-state index contributed by atoms with van der Waals surface area (Å²) in [6.07, 6.45) is 12.6. The predicted molar refractivity (Wildman–Crippen MR) is 146 cm³/mol. The van der Waals surface area contributed by atoms with Gasteiger partial charge < -0.3 is 14.9 Å². The van der Waals surface area contributed by atoms with Crippen molar-refractivity contribution < 1.29 is 24.5 Å². The molecule has 0 heterocycles. The maximum atomic E-state index is 12.0. The molecule has 2 saturated carbocycles. The Morgan fingerprint density at radius 2 is 1.76 bits per heavy atom. The second-order valence-corrected chi connectivity index (χ2v) is 13.9. The number of esters is 1. The summed E-state index contributed by atoms with van der Waals surface area (Å²) in [6.45, 7) is 17.1. The van der Waals surface area contributed by atoms with E-state index in [1.165, 1.54) is 18.1 Å². The Morgan fingerprint density at radius 1 is 1.08 bits per heavy atom. The minimum absolute atomic E-state index is 0.0264. The van der Waals surface area contributed by atoms with Gasteiger partial charge in [-0.3, -0.25) is 4.79 Å². The standard InChI is InChI=1S/C32H48O5/c1-19(28(35)36)9-11-25(37-21(3)33)20(2)22-13-17-32(8)24-10-12-26-29(4,5)27(34)15-16-30(26,6)23(24)14-18-31(22,32)7/h9-10,14,20,22,25-27,34H,11-13,15-18H2,1-8H3,(H,35,36)/b19-9+. The number of ether oxygens (including phenoxy) is 1. The summed E-state index contributed by atoms with van der Waals surface area (Å²) in [5.41, 5.74) is 3.37. The molecule has 4 aliphatic carbocycles. The van der Waals surface area contributed by atoms with E-state index in [0.29, 0.717) is 18.3 Å². The van der Waals surface area contributed by atoms with Crippen LogP contribution in [0.5, 0.6) is 0 Å². The second-order valence-electron chi connectivity index (χ2n) is 13.9. The fraction of sp³-hybridized carbons (Fsp3) is 0.750. The van der Waals surface area contributed by atoms with Gasteiger partial charge >= 0.3 is 11.9 Å². The van der Waals surface area contributed by atoms with Gasteiger partial charge in [-0.25, -0.2) is 4.79 Å². The van der Waals surface area contributed by atoms with Gasteiger partial charge in [-0.05, 0) is 96.0 Å². The number of carbonyl (C=O) groups is 2. The zero-order chi connectivity index (χ0) is 27.6. The highest BCUT2D eigenvalue weighted by molar-refractivity contribution is 5.85. The van der Waals surface area contributed by atoms with Gasteiger partial charge in [-0.1, -0.05) is 59.8 Å². The number of fused-ring (bicyclic) bond motifs is 5. The first-order chi connectivity index (χ1) is 17.1. The SMILES string of the molecule is CC(=O)OC(C/C=C(\C)C(=O)O)C(C)C1CCC2(C)C3=CCC4C(C)(CCC(O)C4(C)C)C3=CCC12C. The number of allylic oxidation sites excluding steroid dienone is 4. The van der Waals surface area contributed by atoms with E-state index in [1.807, 2.05) is 0 Å². The Hall–Kier alpha value is -1.88. The maximum absolute atomic E-state index is 12.0. The van der Waals surface area contributed by atoms with E-state index in [0.717, 1.165) is 38.5 Å². The summed E-state index contributed by atoms with van der Waals surface area (Å²) in [5.74, 6) is -0.352. The molecule has 5 nitrogen and oxygen atoms in total. The molecule has 0 saturated heterocycles. The average Bonchev–Trinajstić information content (AvgIpc) is 3.09. The number of aliphatic hydroxyl groups excluding tert-OH is 1. The Kier molecular flexibility index (Phi) is 7.14. The summed E-state index contributed by atoms with van der Waals surface area (Å²) in [6, 6.07) is 0. The molecule has 206 valence electrons. The Labute approximate surface area is 223 Å². The molecule has 2 fully saturated rings. The molecule has 0 aliphatic heterocycles. The Morgan fingerprint density at radius 3 is 2.38 bits per heavy atom. The normalized spacial score (nSPS) is 40.4. The highest BCUT2D eigenvalue weighted by Gasteiger charge is 2.63. The lowest BCUT2D eigenvalue weighted by Crippen LogP contribution is -2.54. The fourth-order valence-electron chi connectivity index (χ4n) is 9.10. The predicted octanol–water partition coefficient (Wildman–Crippen LogP) is 6.86. The van der Waals surface area contributed by atoms with Crippen molar-refractivity contribution in [3.8, 4) is 0 Å². The van der Waals surface area contributed by atoms with Crippen LogP contribution in [0, 0.1) is 39.4 Å². The van der Waals surface area contributed by atoms with E-state index in [9.17, 15) is 19.8 Å². The number of rotatable bonds is 6. The van der Waals surface area contributed by atoms with Crippen LogP contribution in [0.15, 0.2) is 34.9 Å². The van der Waals surface area contributed by atoms with Gasteiger partial charge in [0.15, 0.2) is 0 Å². The van der Waals surface area contributed by atoms with Gasteiger partial charge in [0, 0.05) is 18.9 Å². The molecule has 0 bridgehead atoms. The van der Waals surface area contributed by atoms with Gasteiger partial charge in [-0.2, -0.15) is 0 Å². The van der Waals surface area contributed by atoms with Crippen molar-refractivity contribution in [2.75, 3.05) is 0 Å². The molecule has 4 aliphatic rings. The lowest BCUT2D eigenvalue weighted by Gasteiger charge is -2.61. The monoisotopic (exact) mass is 512 g/mol. The number of aliphatic hydroxyl groups is 1. The third-order valence-corrected chi connectivity index (χ3v) is 11.8. The van der Waals surface area contributed by atoms with Crippen LogP contribution in [0.25, 0.3) is 0 Å². The first-order valence-electron chi connectivity index (χ1n) is 14.3. The van der Waals surface area contributed by atoms with Crippen molar-refractivity contribution in [3.63, 3.8) is 0 Å². The Bertz CT molecular complexity index is 1050. The number of carbonyl (C=O) groups excluding carboxylic acids is 1. The van der Waals surface area contributed by atoms with Crippen molar-refractivity contribution in [2.45, 2.75) is 113 Å². The maximum Gasteiger partial charge on any atom is 0.330 e. The van der Waals surface area contributed by atoms with Gasteiger partial charge in [0.05, 0.1) is 6.10 Å². The molecule has 8 unspecified atom stereocenters. The van der Waals surface area contributed by atoms with E-state index in [-0.39, 0.29) is 51.3 Å². The van der Waals surface area contributed by atoms with Crippen LogP contribution >= 0.6 is 0 Å². The highest BCUT2D eigenvalue weighted by atomic mass is 16.5. The smallest absolute Gasteiger partial charge is 0.330 e. The van der Waals surface area contributed by atoms with E-state index in [1.54, 1.807) is 13.0 Å². The van der Waals surface area contributed by atoms with Crippen LogP contribution in [0.2, 0.25) is 0 Å². The molecular weight excluding hydrogens is 464 g/mol. The van der Waals surface area contributed by atoms with Crippen LogP contribution in [0.3, 0.4) is 0 Å². The van der Waals surface area contributed by atoms with Crippen molar-refractivity contribution in [3.05, 3.63) is 34.9 Å². The summed E-state index contributed by atoms with van der Waals surface area (Å²) in [4.78, 5) is 23.4. The van der Waals surface area contributed by atoms with Crippen LogP contribution in [-0.4, -0.2) is 34.4 Å². The van der Waals surface area contributed by atoms with E-state index in [2.05, 4.69) is 53.7 Å². The largest absolute Gasteiger partial charge is 0.478 e. The van der Waals surface area contributed by atoms with E-state index >= 15 is 0 Å². The lowest BCUT2D eigenvalue weighted by molar-refractivity contribution is -0.151. The topological polar surface area (TPSA) is 83.8 Å². The summed E-state index contributed by atoms with van der Waals surface area (Å²) in [5, 5.41) is 20.1. The highest BCUT2D eigenvalue weighted by Crippen LogP contribution is 2.71. The number of hydrogen-bond donors (Lipinski definition) is 2. The van der Waals surface area contributed by atoms with Gasteiger partial charge in [-0.15, -0.1) is 0 Å². The van der Waals surface area contributed by atoms with Crippen molar-refractivity contribution in [1.29, 1.82) is 0 Å². The zero-order valence-corrected chi connectivity index (χ0v) is 24.2. The Balaban J connectivity index is 1.67. The summed E-state index contributed by atoms with van der Waals surface area (Å²) >= 11 is 0. The number of hydrogen-bond acceptors (Lipinski definition) is 4. The third-order valence-electron chi connectivity index (χ3n) is 11.8. The first kappa shape index (κ1) is 28.1. The van der Waals surface area contributed by atoms with Gasteiger partial charge in [0.2, 0.25) is 0 Å². The zero-order valence-electron chi connectivity index (χ0n) is 24.2. The number of carboxylic acids is 1. The quantitative estimate of drug-likeness (QED) is 0.300.